The van der Waals surface area contributed by atoms with Crippen LogP contribution < -0.4 is 4.90 Å². The van der Waals surface area contributed by atoms with Crippen molar-refractivity contribution in [1.82, 2.24) is 9.29 Å². The minimum absolute atomic E-state index is 0.139. The maximum absolute atomic E-state index is 13.8. The standard InChI is InChI=1S/C31H29N3O3S2/c1-3-25-15-10-16-28-29(25)32-31(38-28)34(22-24-13-8-5-9-14-24)30(35)26-17-19-27(20-18-26)39(36,37)33(2)21-23-11-6-4-7-12-23/h4-20H,3,21-22H2,1-2H3. The van der Waals surface area contributed by atoms with Crippen molar-refractivity contribution in [3.8, 4) is 0 Å². The van der Waals surface area contributed by atoms with E-state index in [0.29, 0.717) is 17.2 Å². The quantitative estimate of drug-likeness (QED) is 0.207. The molecule has 0 aliphatic heterocycles. The molecule has 0 bridgehead atoms. The molecule has 4 aromatic carbocycles. The van der Waals surface area contributed by atoms with Gasteiger partial charge in [-0.25, -0.2) is 13.4 Å². The van der Waals surface area contributed by atoms with Gasteiger partial charge in [-0.1, -0.05) is 91.1 Å². The van der Waals surface area contributed by atoms with Gasteiger partial charge in [0.05, 0.1) is 21.7 Å². The maximum Gasteiger partial charge on any atom is 0.260 e. The number of fused-ring (bicyclic) bond motifs is 1. The van der Waals surface area contributed by atoms with Crippen LogP contribution in [0, 0.1) is 0 Å². The number of carbonyl (C=O) groups excluding carboxylic acids is 1. The Balaban J connectivity index is 1.44. The lowest BCUT2D eigenvalue weighted by molar-refractivity contribution is 0.0985. The second kappa shape index (κ2) is 11.5. The van der Waals surface area contributed by atoms with Gasteiger partial charge < -0.3 is 0 Å². The molecule has 0 N–H and O–H groups in total. The van der Waals surface area contributed by atoms with E-state index in [0.717, 1.165) is 33.3 Å². The fourth-order valence-electron chi connectivity index (χ4n) is 4.42. The van der Waals surface area contributed by atoms with Crippen LogP contribution in [0.1, 0.15) is 34.0 Å². The number of rotatable bonds is 9. The summed E-state index contributed by atoms with van der Waals surface area (Å²) in [7, 11) is -2.17. The van der Waals surface area contributed by atoms with Gasteiger partial charge >= 0.3 is 0 Å². The van der Waals surface area contributed by atoms with Gasteiger partial charge in [-0.3, -0.25) is 9.69 Å². The summed E-state index contributed by atoms with van der Waals surface area (Å²) in [6, 6.07) is 31.5. The van der Waals surface area contributed by atoms with Crippen molar-refractivity contribution in [2.75, 3.05) is 11.9 Å². The van der Waals surface area contributed by atoms with Crippen molar-refractivity contribution in [1.29, 1.82) is 0 Å². The summed E-state index contributed by atoms with van der Waals surface area (Å²) in [5.74, 6) is -0.238. The Morgan fingerprint density at radius 1 is 0.795 bits per heavy atom. The summed E-state index contributed by atoms with van der Waals surface area (Å²) in [5, 5.41) is 0.610. The second-order valence-corrected chi connectivity index (χ2v) is 12.3. The van der Waals surface area contributed by atoms with Crippen LogP contribution in [0.2, 0.25) is 0 Å². The van der Waals surface area contributed by atoms with E-state index in [1.54, 1.807) is 24.1 Å². The van der Waals surface area contributed by atoms with Crippen LogP contribution in [-0.2, 0) is 29.5 Å². The van der Waals surface area contributed by atoms with Gasteiger partial charge in [0.25, 0.3) is 5.91 Å². The number of benzene rings is 4. The molecule has 0 aliphatic rings. The number of thiazole rings is 1. The molecule has 0 aliphatic carbocycles. The number of amides is 1. The van der Waals surface area contributed by atoms with Crippen LogP contribution >= 0.6 is 11.3 Å². The topological polar surface area (TPSA) is 70.6 Å². The van der Waals surface area contributed by atoms with Gasteiger partial charge in [-0.05, 0) is 53.4 Å². The fraction of sp³-hybridized carbons (Fsp3) is 0.161. The predicted molar refractivity (Wildman–Crippen MR) is 157 cm³/mol. The smallest absolute Gasteiger partial charge is 0.260 e. The van der Waals surface area contributed by atoms with Gasteiger partial charge in [-0.2, -0.15) is 4.31 Å². The number of anilines is 1. The normalized spacial score (nSPS) is 11.7. The van der Waals surface area contributed by atoms with Crippen molar-refractivity contribution in [2.45, 2.75) is 31.3 Å². The Labute approximate surface area is 233 Å². The van der Waals surface area contributed by atoms with Crippen molar-refractivity contribution in [2.24, 2.45) is 0 Å². The van der Waals surface area contributed by atoms with E-state index in [2.05, 4.69) is 13.0 Å². The third-order valence-corrected chi connectivity index (χ3v) is 9.45. The highest BCUT2D eigenvalue weighted by molar-refractivity contribution is 7.89. The Morgan fingerprint density at radius 2 is 1.41 bits per heavy atom. The summed E-state index contributed by atoms with van der Waals surface area (Å²) in [6.07, 6.45) is 0.849. The Bertz CT molecular complexity index is 1680. The third kappa shape index (κ3) is 5.78. The van der Waals surface area contributed by atoms with Crippen molar-refractivity contribution in [3.63, 3.8) is 0 Å². The average molecular weight is 556 g/mol. The second-order valence-electron chi connectivity index (χ2n) is 9.26. The summed E-state index contributed by atoms with van der Waals surface area (Å²) in [5.41, 5.74) is 4.31. The molecule has 8 heteroatoms. The van der Waals surface area contributed by atoms with E-state index in [9.17, 15) is 13.2 Å². The van der Waals surface area contributed by atoms with Crippen LogP contribution in [0.15, 0.2) is 108 Å². The Hall–Kier alpha value is -3.85. The summed E-state index contributed by atoms with van der Waals surface area (Å²) < 4.78 is 28.7. The van der Waals surface area contributed by atoms with Crippen LogP contribution in [0.4, 0.5) is 5.13 Å². The van der Waals surface area contributed by atoms with Crippen molar-refractivity contribution in [3.05, 3.63) is 125 Å². The van der Waals surface area contributed by atoms with E-state index in [1.165, 1.54) is 27.8 Å². The van der Waals surface area contributed by atoms with E-state index in [4.69, 9.17) is 4.98 Å². The first-order valence-electron chi connectivity index (χ1n) is 12.7. The molecule has 0 unspecified atom stereocenters. The first kappa shape index (κ1) is 26.7. The lowest BCUT2D eigenvalue weighted by Gasteiger charge is -2.21. The van der Waals surface area contributed by atoms with Gasteiger partial charge in [0, 0.05) is 19.2 Å². The van der Waals surface area contributed by atoms with E-state index < -0.39 is 10.0 Å². The molecular weight excluding hydrogens is 526 g/mol. The molecule has 5 rings (SSSR count). The Kier molecular flexibility index (Phi) is 7.88. The minimum atomic E-state index is -3.73. The van der Waals surface area contributed by atoms with Gasteiger partial charge in [0.15, 0.2) is 5.13 Å². The van der Waals surface area contributed by atoms with Crippen LogP contribution in [0.25, 0.3) is 10.2 Å². The zero-order valence-electron chi connectivity index (χ0n) is 21.8. The van der Waals surface area contributed by atoms with E-state index >= 15 is 0 Å². The number of aryl methyl sites for hydroxylation is 1. The highest BCUT2D eigenvalue weighted by Gasteiger charge is 2.25. The molecule has 1 aromatic heterocycles. The predicted octanol–water partition coefficient (Wildman–Crippen LogP) is 6.53. The summed E-state index contributed by atoms with van der Waals surface area (Å²) in [6.45, 7) is 2.69. The number of sulfonamides is 1. The summed E-state index contributed by atoms with van der Waals surface area (Å²) in [4.78, 5) is 20.5. The molecule has 5 aromatic rings. The van der Waals surface area contributed by atoms with Gasteiger partial charge in [0.1, 0.15) is 0 Å². The lowest BCUT2D eigenvalue weighted by Crippen LogP contribution is -2.30. The molecular formula is C31H29N3O3S2. The molecule has 0 spiro atoms. The number of aromatic nitrogens is 1. The average Bonchev–Trinajstić information content (AvgIpc) is 3.41. The molecule has 1 heterocycles. The lowest BCUT2D eigenvalue weighted by atomic mass is 10.1. The van der Waals surface area contributed by atoms with Crippen molar-refractivity contribution < 1.29 is 13.2 Å². The molecule has 1 amide bonds. The highest BCUT2D eigenvalue weighted by Crippen LogP contribution is 2.33. The number of para-hydroxylation sites is 1. The number of nitrogens with zero attached hydrogens (tertiary/aromatic N) is 3. The van der Waals surface area contributed by atoms with Gasteiger partial charge in [-0.15, -0.1) is 0 Å². The van der Waals surface area contributed by atoms with Crippen molar-refractivity contribution >= 4 is 42.6 Å². The van der Waals surface area contributed by atoms with Gasteiger partial charge in [0.2, 0.25) is 10.0 Å². The number of hydrogen-bond acceptors (Lipinski definition) is 5. The molecule has 0 saturated carbocycles. The Morgan fingerprint density at radius 3 is 2.03 bits per heavy atom. The molecule has 39 heavy (non-hydrogen) atoms. The maximum atomic E-state index is 13.8. The van der Waals surface area contributed by atoms with E-state index in [-0.39, 0.29) is 17.3 Å². The van der Waals surface area contributed by atoms with Crippen LogP contribution in [-0.4, -0.2) is 30.7 Å². The SMILES string of the molecule is CCc1cccc2sc(N(Cc3ccccc3)C(=O)c3ccc(S(=O)(=O)N(C)Cc4ccccc4)cc3)nc12. The first-order chi connectivity index (χ1) is 18.9. The largest absolute Gasteiger partial charge is 0.279 e. The van der Waals surface area contributed by atoms with Crippen LogP contribution in [0.3, 0.4) is 0 Å². The molecule has 0 atom stereocenters. The fourth-order valence-corrected chi connectivity index (χ4v) is 6.59. The number of carbonyl (C=O) groups is 1. The zero-order chi connectivity index (χ0) is 27.4. The zero-order valence-corrected chi connectivity index (χ0v) is 23.5. The monoisotopic (exact) mass is 555 g/mol. The molecule has 0 fully saturated rings. The van der Waals surface area contributed by atoms with Crippen LogP contribution in [0.5, 0.6) is 0 Å². The number of hydrogen-bond donors (Lipinski definition) is 0. The van der Waals surface area contributed by atoms with E-state index in [1.807, 2.05) is 72.8 Å². The molecule has 0 radical (unpaired) electrons. The molecule has 6 nitrogen and oxygen atoms in total. The highest BCUT2D eigenvalue weighted by atomic mass is 32.2. The third-order valence-electron chi connectivity index (χ3n) is 6.59. The first-order valence-corrected chi connectivity index (χ1v) is 15.0. The molecule has 198 valence electrons. The minimum Gasteiger partial charge on any atom is -0.279 e. The summed E-state index contributed by atoms with van der Waals surface area (Å²) >= 11 is 1.48. The molecule has 0 saturated heterocycles.